The van der Waals surface area contributed by atoms with Gasteiger partial charge in [-0.2, -0.15) is 0 Å². The Balaban J connectivity index is 1.52. The van der Waals surface area contributed by atoms with Gasteiger partial charge in [0.25, 0.3) is 0 Å². The van der Waals surface area contributed by atoms with Crippen LogP contribution in [0.5, 0.6) is 0 Å². The third kappa shape index (κ3) is 8.30. The molecular formula is C45H55N9O3. The van der Waals surface area contributed by atoms with Crippen LogP contribution in [0.2, 0.25) is 0 Å². The number of aromatic amines is 4. The van der Waals surface area contributed by atoms with Crippen LogP contribution in [0.3, 0.4) is 0 Å². The van der Waals surface area contributed by atoms with Crippen molar-refractivity contribution < 1.29 is 14.4 Å². The lowest BCUT2D eigenvalue weighted by Gasteiger charge is -2.22. The van der Waals surface area contributed by atoms with E-state index in [1.165, 1.54) is 0 Å². The maximum absolute atomic E-state index is 13.1. The van der Waals surface area contributed by atoms with Crippen molar-refractivity contribution in [3.05, 3.63) is 133 Å². The van der Waals surface area contributed by atoms with Crippen LogP contribution in [0.1, 0.15) is 88.4 Å². The molecule has 0 saturated heterocycles. The third-order valence-corrected chi connectivity index (χ3v) is 11.8. The van der Waals surface area contributed by atoms with Gasteiger partial charge in [-0.3, -0.25) is 14.4 Å². The molecule has 298 valence electrons. The fourth-order valence-electron chi connectivity index (χ4n) is 7.52. The van der Waals surface area contributed by atoms with E-state index in [2.05, 4.69) is 87.6 Å². The Hall–Kier alpha value is -6.30. The minimum atomic E-state index is -1.01. The Morgan fingerprint density at radius 2 is 1.37 bits per heavy atom. The Morgan fingerprint density at radius 3 is 1.98 bits per heavy atom. The number of fused-ring (bicyclic) bond motifs is 8. The van der Waals surface area contributed by atoms with Crippen molar-refractivity contribution in [2.45, 2.75) is 80.2 Å². The van der Waals surface area contributed by atoms with Crippen LogP contribution in [0, 0.1) is 38.5 Å². The molecule has 2 atom stereocenters. The molecule has 1 aliphatic rings. The lowest BCUT2D eigenvalue weighted by atomic mass is 9.81. The molecule has 2 unspecified atom stereocenters. The highest BCUT2D eigenvalue weighted by atomic mass is 16.2. The molecule has 57 heavy (non-hydrogen) atoms. The highest BCUT2D eigenvalue weighted by Gasteiger charge is 2.32. The minimum absolute atomic E-state index is 0.00886. The number of H-pyrrole nitrogens is 4. The van der Waals surface area contributed by atoms with Gasteiger partial charge >= 0.3 is 0 Å². The number of hydrogen-bond donors (Lipinski definition) is 7. The third-order valence-electron chi connectivity index (χ3n) is 11.8. The molecule has 1 aliphatic heterocycles. The summed E-state index contributed by atoms with van der Waals surface area (Å²) in [7, 11) is 0. The first kappa shape index (κ1) is 40.4. The van der Waals surface area contributed by atoms with Gasteiger partial charge in [0, 0.05) is 76.1 Å². The number of hydrogen-bond acceptors (Lipinski definition) is 4. The lowest BCUT2D eigenvalue weighted by molar-refractivity contribution is -0.125. The second-order valence-corrected chi connectivity index (χ2v) is 15.9. The maximum atomic E-state index is 13.1. The van der Waals surface area contributed by atoms with E-state index in [9.17, 15) is 14.4 Å². The molecule has 0 aromatic carbocycles. The Labute approximate surface area is 332 Å². The van der Waals surface area contributed by atoms with Gasteiger partial charge in [0.15, 0.2) is 0 Å². The van der Waals surface area contributed by atoms with E-state index < -0.39 is 22.6 Å². The molecule has 0 aliphatic carbocycles. The first-order valence-electron chi connectivity index (χ1n) is 19.4. The Bertz CT molecular complexity index is 2630. The molecule has 6 heterocycles. The fourth-order valence-corrected chi connectivity index (χ4v) is 7.52. The largest absolute Gasteiger partial charge is 0.369 e. The van der Waals surface area contributed by atoms with Crippen molar-refractivity contribution in [2.24, 2.45) is 22.3 Å². The monoisotopic (exact) mass is 769 g/mol. The van der Waals surface area contributed by atoms with E-state index in [-0.39, 0.29) is 5.91 Å². The Morgan fingerprint density at radius 1 is 0.772 bits per heavy atom. The van der Waals surface area contributed by atoms with Crippen molar-refractivity contribution in [1.29, 1.82) is 0 Å². The molecule has 0 saturated carbocycles. The number of amides is 3. The topological polar surface area (TPSA) is 196 Å². The van der Waals surface area contributed by atoms with Crippen LogP contribution < -0.4 is 38.2 Å². The number of nitrogens with zero attached hydrogens (tertiary/aromatic N) is 2. The van der Waals surface area contributed by atoms with Crippen LogP contribution >= 0.6 is 0 Å². The highest BCUT2D eigenvalue weighted by molar-refractivity contribution is 5.84. The van der Waals surface area contributed by atoms with E-state index >= 15 is 0 Å². The summed E-state index contributed by atoms with van der Waals surface area (Å²) < 4.78 is 1.99. The molecule has 9 N–H and O–H groups in total. The van der Waals surface area contributed by atoms with Crippen LogP contribution in [0.4, 0.5) is 0 Å². The summed E-state index contributed by atoms with van der Waals surface area (Å²) in [6.45, 7) is 21.1. The van der Waals surface area contributed by atoms with Gasteiger partial charge in [-0.05, 0) is 137 Å². The standard InChI is InChI=1S/C45H55N9O3/c1-9-44(7,42(46)56)23-32-28(5)35-20-34-26(3)18-30(50-34)19-38-31(12-13-41(55)49-14-11-16-54-17-15-48-25-54)27(4)36(51-38)21-39-33(24-45(8,10-2)43(47)57)29(6)37(53-39)22-40(32)52-35/h9-10,15,17-22,25,50-53H,1-2,11-14,16,23-24H2,3-8H3,(H2,46,56)(H2,47,57)(H,49,55). The second-order valence-electron chi connectivity index (χ2n) is 15.9. The number of nitrogens with one attached hydrogen (secondary N) is 5. The lowest BCUT2D eigenvalue weighted by Crippen LogP contribution is -2.35. The van der Waals surface area contributed by atoms with Crippen molar-refractivity contribution in [3.63, 3.8) is 0 Å². The van der Waals surface area contributed by atoms with E-state index in [1.54, 1.807) is 38.5 Å². The summed E-state index contributed by atoms with van der Waals surface area (Å²) in [5.41, 5.74) is 20.2. The number of aryl methyl sites for hydroxylation is 2. The van der Waals surface area contributed by atoms with E-state index in [4.69, 9.17) is 11.5 Å². The average Bonchev–Trinajstić information content (AvgIpc) is 3.99. The molecule has 0 radical (unpaired) electrons. The molecule has 6 rings (SSSR count). The number of aromatic nitrogens is 6. The fraction of sp³-hybridized carbons (Fsp3) is 0.333. The zero-order valence-corrected chi connectivity index (χ0v) is 33.9. The van der Waals surface area contributed by atoms with Gasteiger partial charge in [-0.25, -0.2) is 4.98 Å². The SMILES string of the molecule is C=CC(C)(Cc1c2[nH]c(c1C)C=c1[nH]c(c(C)c1CC(C)(C=C)C(N)=O)=Cc1[nH]c(cc1C)C=c1[nH]c(c(C)c1CCC(=O)NCCCn1ccnc1)=C2)C(N)=O. The molecule has 3 amide bonds. The molecule has 5 aromatic rings. The smallest absolute Gasteiger partial charge is 0.227 e. The van der Waals surface area contributed by atoms with E-state index in [1.807, 2.05) is 24.6 Å². The average molecular weight is 770 g/mol. The van der Waals surface area contributed by atoms with Crippen molar-refractivity contribution >= 4 is 42.0 Å². The van der Waals surface area contributed by atoms with Gasteiger partial charge in [-0.15, -0.1) is 13.2 Å². The summed E-state index contributed by atoms with van der Waals surface area (Å²) in [5.74, 6) is -0.937. The molecule has 0 fully saturated rings. The number of rotatable bonds is 15. The van der Waals surface area contributed by atoms with Gasteiger partial charge in [-0.1, -0.05) is 12.2 Å². The normalized spacial score (nSPS) is 14.2. The van der Waals surface area contributed by atoms with E-state index in [0.29, 0.717) is 32.2 Å². The summed E-state index contributed by atoms with van der Waals surface area (Å²) in [6, 6.07) is 2.10. The molecule has 8 bridgehead atoms. The highest BCUT2D eigenvalue weighted by Crippen LogP contribution is 2.30. The van der Waals surface area contributed by atoms with Gasteiger partial charge in [0.2, 0.25) is 17.7 Å². The molecular weight excluding hydrogens is 715 g/mol. The van der Waals surface area contributed by atoms with Crippen molar-refractivity contribution in [2.75, 3.05) is 6.54 Å². The van der Waals surface area contributed by atoms with Gasteiger partial charge < -0.3 is 41.3 Å². The number of nitrogens with two attached hydrogens (primary N) is 2. The van der Waals surface area contributed by atoms with Crippen LogP contribution in [-0.2, 0) is 40.2 Å². The summed E-state index contributed by atoms with van der Waals surface area (Å²) in [6.07, 6.45) is 19.3. The summed E-state index contributed by atoms with van der Waals surface area (Å²) >= 11 is 0. The summed E-state index contributed by atoms with van der Waals surface area (Å²) in [5, 5.41) is 6.54. The van der Waals surface area contributed by atoms with Gasteiger partial charge in [0.1, 0.15) is 0 Å². The Kier molecular flexibility index (Phi) is 11.4. The summed E-state index contributed by atoms with van der Waals surface area (Å²) in [4.78, 5) is 57.3. The predicted molar refractivity (Wildman–Crippen MR) is 225 cm³/mol. The van der Waals surface area contributed by atoms with Crippen molar-refractivity contribution in [1.82, 2.24) is 34.8 Å². The van der Waals surface area contributed by atoms with Gasteiger partial charge in [0.05, 0.1) is 17.2 Å². The molecule has 5 aromatic heterocycles. The first-order valence-corrected chi connectivity index (χ1v) is 19.4. The second kappa shape index (κ2) is 16.0. The van der Waals surface area contributed by atoms with Crippen LogP contribution in [0.15, 0.2) is 50.1 Å². The number of imidazole rings is 1. The van der Waals surface area contributed by atoms with E-state index in [0.717, 1.165) is 96.1 Å². The maximum Gasteiger partial charge on any atom is 0.227 e. The minimum Gasteiger partial charge on any atom is -0.369 e. The molecule has 12 nitrogen and oxygen atoms in total. The zero-order valence-electron chi connectivity index (χ0n) is 33.9. The zero-order chi connectivity index (χ0) is 41.2. The number of carbonyl (C=O) groups excluding carboxylic acids is 3. The quantitative estimate of drug-likeness (QED) is 0.0624. The van der Waals surface area contributed by atoms with Crippen LogP contribution in [-0.4, -0.2) is 53.8 Å². The van der Waals surface area contributed by atoms with Crippen LogP contribution in [0.25, 0.3) is 24.3 Å². The predicted octanol–water partition coefficient (Wildman–Crippen LogP) is 2.64. The number of primary amides is 2. The molecule has 0 spiro atoms. The number of carbonyl (C=O) groups is 3. The molecule has 12 heteroatoms. The van der Waals surface area contributed by atoms with Crippen molar-refractivity contribution in [3.8, 4) is 0 Å². The first-order chi connectivity index (χ1) is 27.0.